The molecule has 0 aliphatic carbocycles. The first kappa shape index (κ1) is 17.1. The van der Waals surface area contributed by atoms with Crippen molar-refractivity contribution < 1.29 is 9.90 Å². The van der Waals surface area contributed by atoms with Crippen LogP contribution in [0.2, 0.25) is 0 Å². The van der Waals surface area contributed by atoms with E-state index in [0.717, 1.165) is 19.5 Å². The molecule has 0 aromatic heterocycles. The molecule has 1 atom stereocenters. The number of benzene rings is 1. The lowest BCUT2D eigenvalue weighted by Crippen LogP contribution is -2.22. The largest absolute Gasteiger partial charge is 0.481 e. The van der Waals surface area contributed by atoms with Crippen LogP contribution in [0.25, 0.3) is 0 Å². The fourth-order valence-corrected chi connectivity index (χ4v) is 2.95. The summed E-state index contributed by atoms with van der Waals surface area (Å²) in [7, 11) is 2.12. The summed E-state index contributed by atoms with van der Waals surface area (Å²) in [5.74, 6) is -0.535. The summed E-state index contributed by atoms with van der Waals surface area (Å²) in [6.07, 6.45) is 1.01. The summed E-state index contributed by atoms with van der Waals surface area (Å²) in [5.41, 5.74) is 3.95. The zero-order chi connectivity index (χ0) is 15.1. The molecule has 112 valence electrons. The Hall–Kier alpha value is -1.00. The van der Waals surface area contributed by atoms with Gasteiger partial charge in [-0.1, -0.05) is 36.2 Å². The van der Waals surface area contributed by atoms with Crippen LogP contribution >= 0.6 is 11.8 Å². The minimum Gasteiger partial charge on any atom is -0.481 e. The van der Waals surface area contributed by atoms with E-state index in [2.05, 4.69) is 50.9 Å². The summed E-state index contributed by atoms with van der Waals surface area (Å²) < 4.78 is 0. The second kappa shape index (κ2) is 8.32. The summed E-state index contributed by atoms with van der Waals surface area (Å²) >= 11 is 1.51. The topological polar surface area (TPSA) is 40.5 Å². The molecule has 1 rings (SSSR count). The van der Waals surface area contributed by atoms with Gasteiger partial charge in [0.05, 0.1) is 5.75 Å². The molecule has 1 N–H and O–H groups in total. The SMILES string of the molecule is Cc1cc(C)cc(CN(C)CCC(C)SCC(=O)O)c1. The molecule has 0 saturated carbocycles. The summed E-state index contributed by atoms with van der Waals surface area (Å²) in [6, 6.07) is 6.65. The Labute approximate surface area is 126 Å². The predicted molar refractivity (Wildman–Crippen MR) is 86.4 cm³/mol. The predicted octanol–water partition coefficient (Wildman–Crippen LogP) is 3.33. The molecule has 0 fully saturated rings. The van der Waals surface area contributed by atoms with E-state index in [4.69, 9.17) is 5.11 Å². The summed E-state index contributed by atoms with van der Waals surface area (Å²) in [6.45, 7) is 8.28. The molecule has 20 heavy (non-hydrogen) atoms. The number of nitrogens with zero attached hydrogens (tertiary/aromatic N) is 1. The van der Waals surface area contributed by atoms with Gasteiger partial charge in [0.15, 0.2) is 0 Å². The van der Waals surface area contributed by atoms with Crippen LogP contribution in [0.3, 0.4) is 0 Å². The second-order valence-electron chi connectivity index (χ2n) is 5.54. The van der Waals surface area contributed by atoms with Gasteiger partial charge >= 0.3 is 5.97 Å². The van der Waals surface area contributed by atoms with Crippen LogP contribution in [0, 0.1) is 13.8 Å². The van der Waals surface area contributed by atoms with E-state index in [9.17, 15) is 4.79 Å². The summed E-state index contributed by atoms with van der Waals surface area (Å²) in [5, 5.41) is 9.04. The van der Waals surface area contributed by atoms with Crippen molar-refractivity contribution in [3.05, 3.63) is 34.9 Å². The number of carbonyl (C=O) groups is 1. The van der Waals surface area contributed by atoms with E-state index in [1.807, 2.05) is 0 Å². The van der Waals surface area contributed by atoms with Gasteiger partial charge in [-0.25, -0.2) is 0 Å². The van der Waals surface area contributed by atoms with E-state index in [1.54, 1.807) is 0 Å². The number of aliphatic carboxylic acids is 1. The number of aryl methyl sites for hydroxylation is 2. The van der Waals surface area contributed by atoms with Crippen molar-refractivity contribution >= 4 is 17.7 Å². The maximum atomic E-state index is 10.5. The van der Waals surface area contributed by atoms with Gasteiger partial charge in [-0.05, 0) is 39.4 Å². The van der Waals surface area contributed by atoms with Crippen LogP contribution in [-0.4, -0.2) is 40.6 Å². The lowest BCUT2D eigenvalue weighted by molar-refractivity contribution is -0.133. The molecule has 0 amide bonds. The number of carboxylic acid groups (broad SMARTS) is 1. The number of rotatable bonds is 8. The van der Waals surface area contributed by atoms with Crippen LogP contribution in [0.4, 0.5) is 0 Å². The van der Waals surface area contributed by atoms with E-state index in [0.29, 0.717) is 5.25 Å². The fourth-order valence-electron chi connectivity index (χ4n) is 2.25. The Morgan fingerprint density at radius 1 is 1.30 bits per heavy atom. The first-order chi connectivity index (χ1) is 9.36. The van der Waals surface area contributed by atoms with Crippen LogP contribution < -0.4 is 0 Å². The average Bonchev–Trinajstić information content (AvgIpc) is 2.32. The van der Waals surface area contributed by atoms with Crippen molar-refractivity contribution in [3.63, 3.8) is 0 Å². The Kier molecular flexibility index (Phi) is 7.10. The first-order valence-electron chi connectivity index (χ1n) is 6.96. The van der Waals surface area contributed by atoms with Crippen molar-refractivity contribution in [2.24, 2.45) is 0 Å². The highest BCUT2D eigenvalue weighted by Crippen LogP contribution is 2.15. The highest BCUT2D eigenvalue weighted by atomic mass is 32.2. The molecular weight excluding hydrogens is 270 g/mol. The average molecular weight is 295 g/mol. The van der Waals surface area contributed by atoms with Crippen LogP contribution in [0.5, 0.6) is 0 Å². The lowest BCUT2D eigenvalue weighted by Gasteiger charge is -2.19. The van der Waals surface area contributed by atoms with Gasteiger partial charge < -0.3 is 10.0 Å². The van der Waals surface area contributed by atoms with Crippen LogP contribution in [-0.2, 0) is 11.3 Å². The van der Waals surface area contributed by atoms with E-state index < -0.39 is 5.97 Å². The molecule has 3 nitrogen and oxygen atoms in total. The molecule has 1 aromatic rings. The molecule has 0 spiro atoms. The third kappa shape index (κ3) is 6.96. The molecule has 0 saturated heterocycles. The highest BCUT2D eigenvalue weighted by molar-refractivity contribution is 8.00. The lowest BCUT2D eigenvalue weighted by atomic mass is 10.1. The van der Waals surface area contributed by atoms with Crippen molar-refractivity contribution in [1.29, 1.82) is 0 Å². The van der Waals surface area contributed by atoms with Gasteiger partial charge in [0.1, 0.15) is 0 Å². The van der Waals surface area contributed by atoms with Crippen LogP contribution in [0.15, 0.2) is 18.2 Å². The molecule has 1 unspecified atom stereocenters. The quantitative estimate of drug-likeness (QED) is 0.798. The number of hydrogen-bond acceptors (Lipinski definition) is 3. The van der Waals surface area contributed by atoms with Crippen molar-refractivity contribution in [1.82, 2.24) is 4.90 Å². The van der Waals surface area contributed by atoms with Crippen molar-refractivity contribution in [3.8, 4) is 0 Å². The molecule has 4 heteroatoms. The molecular formula is C16H25NO2S. The Balaban J connectivity index is 2.36. The van der Waals surface area contributed by atoms with Crippen molar-refractivity contribution in [2.75, 3.05) is 19.3 Å². The molecule has 0 heterocycles. The molecule has 0 aliphatic rings. The Bertz CT molecular complexity index is 428. The minimum absolute atomic E-state index is 0.196. The summed E-state index contributed by atoms with van der Waals surface area (Å²) in [4.78, 5) is 12.8. The van der Waals surface area contributed by atoms with Gasteiger partial charge in [-0.15, -0.1) is 11.8 Å². The van der Waals surface area contributed by atoms with E-state index in [-0.39, 0.29) is 5.75 Å². The molecule has 0 aliphatic heterocycles. The maximum absolute atomic E-state index is 10.5. The van der Waals surface area contributed by atoms with Gasteiger partial charge in [-0.2, -0.15) is 0 Å². The van der Waals surface area contributed by atoms with E-state index >= 15 is 0 Å². The minimum atomic E-state index is -0.731. The number of carboxylic acids is 1. The van der Waals surface area contributed by atoms with Gasteiger partial charge in [0, 0.05) is 11.8 Å². The Morgan fingerprint density at radius 3 is 2.45 bits per heavy atom. The molecule has 0 radical (unpaired) electrons. The van der Waals surface area contributed by atoms with Crippen LogP contribution in [0.1, 0.15) is 30.0 Å². The first-order valence-corrected chi connectivity index (χ1v) is 8.01. The number of thioether (sulfide) groups is 1. The third-order valence-electron chi connectivity index (χ3n) is 3.14. The van der Waals surface area contributed by atoms with Gasteiger partial charge in [-0.3, -0.25) is 4.79 Å². The maximum Gasteiger partial charge on any atom is 0.313 e. The van der Waals surface area contributed by atoms with E-state index in [1.165, 1.54) is 28.5 Å². The third-order valence-corrected chi connectivity index (χ3v) is 4.36. The molecule has 1 aromatic carbocycles. The van der Waals surface area contributed by atoms with Crippen molar-refractivity contribution in [2.45, 2.75) is 39.0 Å². The van der Waals surface area contributed by atoms with Gasteiger partial charge in [0.2, 0.25) is 0 Å². The zero-order valence-electron chi connectivity index (χ0n) is 12.8. The Morgan fingerprint density at radius 2 is 1.90 bits per heavy atom. The second-order valence-corrected chi connectivity index (χ2v) is 6.96. The zero-order valence-corrected chi connectivity index (χ0v) is 13.7. The molecule has 0 bridgehead atoms. The fraction of sp³-hybridized carbons (Fsp3) is 0.562. The standard InChI is InChI=1S/C16H25NO2S/c1-12-7-13(2)9-15(8-12)10-17(4)6-5-14(3)20-11-16(18)19/h7-9,14H,5-6,10-11H2,1-4H3,(H,18,19). The smallest absolute Gasteiger partial charge is 0.313 e. The monoisotopic (exact) mass is 295 g/mol. The highest BCUT2D eigenvalue weighted by Gasteiger charge is 2.08. The van der Waals surface area contributed by atoms with Gasteiger partial charge in [0.25, 0.3) is 0 Å². The number of hydrogen-bond donors (Lipinski definition) is 1. The normalized spacial score (nSPS) is 12.7.